The molecule has 1 aliphatic carbocycles. The molecule has 0 heterocycles. The topological polar surface area (TPSA) is 66.5 Å². The molecule has 0 spiro atoms. The minimum absolute atomic E-state index is 0.0989. The van der Waals surface area contributed by atoms with Crippen LogP contribution in [0.15, 0.2) is 102 Å². The van der Waals surface area contributed by atoms with E-state index in [0.29, 0.717) is 11.3 Å². The molecule has 4 aromatic carbocycles. The van der Waals surface area contributed by atoms with Crippen molar-refractivity contribution in [2.45, 2.75) is 57.0 Å². The fraction of sp³-hybridized carbons (Fsp3) is 0.242. The van der Waals surface area contributed by atoms with Gasteiger partial charge in [-0.25, -0.2) is 8.42 Å². The molecule has 0 saturated carbocycles. The van der Waals surface area contributed by atoms with Crippen molar-refractivity contribution in [2.75, 3.05) is 4.31 Å². The van der Waals surface area contributed by atoms with E-state index >= 15 is 0 Å². The second kappa shape index (κ2) is 11.5. The molecule has 0 radical (unpaired) electrons. The fourth-order valence-electron chi connectivity index (χ4n) is 5.15. The van der Waals surface area contributed by atoms with Crippen LogP contribution in [0.5, 0.6) is 0 Å². The van der Waals surface area contributed by atoms with Gasteiger partial charge in [0.1, 0.15) is 0 Å². The van der Waals surface area contributed by atoms with Crippen molar-refractivity contribution in [3.63, 3.8) is 0 Å². The Hall–Kier alpha value is -3.90. The number of nitrogens with zero attached hydrogens (tertiary/aromatic N) is 1. The molecule has 1 aliphatic rings. The molecule has 1 N–H and O–H groups in total. The summed E-state index contributed by atoms with van der Waals surface area (Å²) in [5, 5.41) is 3.12. The summed E-state index contributed by atoms with van der Waals surface area (Å²) in [6, 6.07) is 29.4. The molecule has 0 aliphatic heterocycles. The third-order valence-electron chi connectivity index (χ3n) is 7.42. The summed E-state index contributed by atoms with van der Waals surface area (Å²) in [5.74, 6) is -0.312. The Morgan fingerprint density at radius 1 is 0.846 bits per heavy atom. The van der Waals surface area contributed by atoms with E-state index in [-0.39, 0.29) is 23.4 Å². The van der Waals surface area contributed by atoms with Gasteiger partial charge in [-0.05, 0) is 86.1 Å². The van der Waals surface area contributed by atoms with Crippen molar-refractivity contribution < 1.29 is 13.2 Å². The molecule has 5 rings (SSSR count). The zero-order valence-electron chi connectivity index (χ0n) is 22.4. The Morgan fingerprint density at radius 3 is 2.26 bits per heavy atom. The summed E-state index contributed by atoms with van der Waals surface area (Å²) >= 11 is 0. The maximum absolute atomic E-state index is 14.0. The van der Waals surface area contributed by atoms with E-state index in [2.05, 4.69) is 23.5 Å². The number of hydrogen-bond acceptors (Lipinski definition) is 3. The maximum Gasteiger partial charge on any atom is 0.264 e. The molecule has 0 fully saturated rings. The van der Waals surface area contributed by atoms with Crippen molar-refractivity contribution in [2.24, 2.45) is 0 Å². The molecule has 1 atom stereocenters. The lowest BCUT2D eigenvalue weighted by molar-refractivity contribution is 0.0940. The monoisotopic (exact) mass is 538 g/mol. The van der Waals surface area contributed by atoms with Crippen LogP contribution in [0.3, 0.4) is 0 Å². The number of carbonyl (C=O) groups excluding carboxylic acids is 1. The second-order valence-corrected chi connectivity index (χ2v) is 12.1. The van der Waals surface area contributed by atoms with Gasteiger partial charge in [-0.2, -0.15) is 0 Å². The number of aryl methyl sites for hydroxylation is 3. The molecule has 6 heteroatoms. The molecule has 4 aromatic rings. The average Bonchev–Trinajstić information content (AvgIpc) is 2.96. The predicted molar refractivity (Wildman–Crippen MR) is 156 cm³/mol. The molecule has 1 amide bonds. The number of sulfonamides is 1. The molecule has 39 heavy (non-hydrogen) atoms. The van der Waals surface area contributed by atoms with Gasteiger partial charge in [0.25, 0.3) is 15.9 Å². The summed E-state index contributed by atoms with van der Waals surface area (Å²) in [5.41, 5.74) is 6.26. The predicted octanol–water partition coefficient (Wildman–Crippen LogP) is 6.76. The Morgan fingerprint density at radius 2 is 1.51 bits per heavy atom. The summed E-state index contributed by atoms with van der Waals surface area (Å²) < 4.78 is 29.3. The smallest absolute Gasteiger partial charge is 0.264 e. The lowest BCUT2D eigenvalue weighted by Gasteiger charge is -2.27. The van der Waals surface area contributed by atoms with Gasteiger partial charge in [0.05, 0.1) is 28.7 Å². The van der Waals surface area contributed by atoms with Gasteiger partial charge >= 0.3 is 0 Å². The number of nitrogens with one attached hydrogen (secondary N) is 1. The molecular formula is C33H34N2O3S. The van der Waals surface area contributed by atoms with Crippen LogP contribution < -0.4 is 9.62 Å². The van der Waals surface area contributed by atoms with E-state index < -0.39 is 10.0 Å². The van der Waals surface area contributed by atoms with Crippen LogP contribution in [0, 0.1) is 6.92 Å². The van der Waals surface area contributed by atoms with Gasteiger partial charge in [0.15, 0.2) is 0 Å². The van der Waals surface area contributed by atoms with Crippen molar-refractivity contribution in [1.82, 2.24) is 5.32 Å². The van der Waals surface area contributed by atoms with Crippen LogP contribution in [-0.4, -0.2) is 14.3 Å². The first-order valence-corrected chi connectivity index (χ1v) is 14.9. The van der Waals surface area contributed by atoms with E-state index in [9.17, 15) is 13.2 Å². The van der Waals surface area contributed by atoms with Crippen molar-refractivity contribution >= 4 is 21.6 Å². The fourth-order valence-corrected chi connectivity index (χ4v) is 6.62. The van der Waals surface area contributed by atoms with Gasteiger partial charge in [-0.15, -0.1) is 0 Å². The quantitative estimate of drug-likeness (QED) is 0.270. The summed E-state index contributed by atoms with van der Waals surface area (Å²) in [6.07, 6.45) is 4.59. The number of amides is 1. The highest BCUT2D eigenvalue weighted by molar-refractivity contribution is 7.92. The zero-order valence-corrected chi connectivity index (χ0v) is 23.2. The third-order valence-corrected chi connectivity index (χ3v) is 9.19. The van der Waals surface area contributed by atoms with E-state index in [1.54, 1.807) is 48.5 Å². The molecule has 0 bridgehead atoms. The van der Waals surface area contributed by atoms with Crippen LogP contribution in [-0.2, 0) is 29.4 Å². The number of anilines is 1. The average molecular weight is 539 g/mol. The Kier molecular flexibility index (Phi) is 7.84. The highest BCUT2D eigenvalue weighted by atomic mass is 32.2. The summed E-state index contributed by atoms with van der Waals surface area (Å²) in [4.78, 5) is 13.9. The maximum atomic E-state index is 14.0. The first-order valence-electron chi connectivity index (χ1n) is 13.5. The van der Waals surface area contributed by atoms with E-state index in [1.807, 2.05) is 44.2 Å². The van der Waals surface area contributed by atoms with Gasteiger partial charge < -0.3 is 5.32 Å². The Bertz CT molecular complexity index is 1560. The Labute approximate surface area is 231 Å². The van der Waals surface area contributed by atoms with Gasteiger partial charge in [0.2, 0.25) is 0 Å². The van der Waals surface area contributed by atoms with Crippen LogP contribution in [0.4, 0.5) is 5.69 Å². The van der Waals surface area contributed by atoms with Gasteiger partial charge in [0, 0.05) is 0 Å². The number of hydrogen-bond donors (Lipinski definition) is 1. The number of para-hydroxylation sites is 1. The Balaban J connectivity index is 1.49. The van der Waals surface area contributed by atoms with Gasteiger partial charge in [-0.3, -0.25) is 9.10 Å². The molecule has 5 nitrogen and oxygen atoms in total. The molecule has 0 saturated heterocycles. The molecule has 200 valence electrons. The van der Waals surface area contributed by atoms with Crippen LogP contribution >= 0.6 is 0 Å². The van der Waals surface area contributed by atoms with Crippen LogP contribution in [0.2, 0.25) is 0 Å². The first-order chi connectivity index (χ1) is 18.8. The van der Waals surface area contributed by atoms with E-state index in [1.165, 1.54) is 28.3 Å². The minimum atomic E-state index is -3.96. The third kappa shape index (κ3) is 5.91. The minimum Gasteiger partial charge on any atom is -0.345 e. The highest BCUT2D eigenvalue weighted by Crippen LogP contribution is 2.30. The van der Waals surface area contributed by atoms with Crippen LogP contribution in [0.25, 0.3) is 0 Å². The molecule has 0 unspecified atom stereocenters. The number of carbonyl (C=O) groups is 1. The second-order valence-electron chi connectivity index (χ2n) is 10.3. The van der Waals surface area contributed by atoms with E-state index in [4.69, 9.17) is 0 Å². The standard InChI is InChI=1S/C33H34N2O3S/c1-24-16-20-30(21-17-24)39(37,38)35(23-26-10-4-3-5-11-26)32-15-9-8-14-31(32)33(36)34-25(2)28-19-18-27-12-6-7-13-29(27)22-28/h3-5,8-11,14-22,25H,6-7,12-13,23H2,1-2H3,(H,34,36)/t25-/m1/s1. The van der Waals surface area contributed by atoms with Crippen molar-refractivity contribution in [1.29, 1.82) is 0 Å². The van der Waals surface area contributed by atoms with Gasteiger partial charge in [-0.1, -0.05) is 78.4 Å². The SMILES string of the molecule is Cc1ccc(S(=O)(=O)N(Cc2ccccc2)c2ccccc2C(=O)N[C@H](C)c2ccc3c(c2)CCCC3)cc1. The molecular weight excluding hydrogens is 504 g/mol. The lowest BCUT2D eigenvalue weighted by atomic mass is 9.89. The number of benzene rings is 4. The van der Waals surface area contributed by atoms with Crippen LogP contribution in [0.1, 0.15) is 64.0 Å². The molecule has 0 aromatic heterocycles. The highest BCUT2D eigenvalue weighted by Gasteiger charge is 2.29. The first kappa shape index (κ1) is 26.7. The largest absolute Gasteiger partial charge is 0.345 e. The summed E-state index contributed by atoms with van der Waals surface area (Å²) in [7, 11) is -3.96. The summed E-state index contributed by atoms with van der Waals surface area (Å²) in [6.45, 7) is 3.99. The zero-order chi connectivity index (χ0) is 27.4. The normalized spacial score (nSPS) is 13.8. The van der Waals surface area contributed by atoms with Crippen molar-refractivity contribution in [3.05, 3.63) is 130 Å². The number of fused-ring (bicyclic) bond motifs is 1. The number of rotatable bonds is 8. The lowest BCUT2D eigenvalue weighted by Crippen LogP contribution is -2.34. The van der Waals surface area contributed by atoms with E-state index in [0.717, 1.165) is 29.5 Å². The van der Waals surface area contributed by atoms with Crippen molar-refractivity contribution in [3.8, 4) is 0 Å².